The molecule has 6 heteroatoms. The quantitative estimate of drug-likeness (QED) is 0.250. The molecular weight excluding hydrogens is 447 g/mol. The molecule has 4 rings (SSSR count). The van der Waals surface area contributed by atoms with Gasteiger partial charge >= 0.3 is 0 Å². The second kappa shape index (κ2) is 10.00. The van der Waals surface area contributed by atoms with Gasteiger partial charge in [0.05, 0.1) is 7.11 Å². The highest BCUT2D eigenvalue weighted by molar-refractivity contribution is 5.74. The van der Waals surface area contributed by atoms with Gasteiger partial charge in [0.15, 0.2) is 23.2 Å². The number of halogens is 5. The number of benzene rings is 3. The van der Waals surface area contributed by atoms with E-state index in [1.165, 1.54) is 25.3 Å². The lowest BCUT2D eigenvalue weighted by atomic mass is 9.85. The normalized spacial score (nSPS) is 13.0. The Morgan fingerprint density at radius 3 is 2.15 bits per heavy atom. The van der Waals surface area contributed by atoms with Gasteiger partial charge in [0, 0.05) is 16.7 Å². The molecule has 0 unspecified atom stereocenters. The van der Waals surface area contributed by atoms with Crippen molar-refractivity contribution in [1.29, 1.82) is 0 Å². The van der Waals surface area contributed by atoms with Crippen molar-refractivity contribution >= 4 is 5.57 Å². The second-order valence-electron chi connectivity index (χ2n) is 8.48. The SMILES string of the molecule is CCCCCc1ccc(C2=CCc3c(ccc(-c4ccc(OC)c(F)c4F)c3F)C2)c(F)c1F. The molecule has 0 N–H and O–H groups in total. The Kier molecular flexibility index (Phi) is 7.05. The van der Waals surface area contributed by atoms with E-state index >= 15 is 4.39 Å². The molecule has 0 saturated carbocycles. The van der Waals surface area contributed by atoms with E-state index in [9.17, 15) is 17.6 Å². The van der Waals surface area contributed by atoms with Crippen molar-refractivity contribution in [2.75, 3.05) is 7.11 Å². The topological polar surface area (TPSA) is 9.23 Å². The number of rotatable bonds is 7. The molecule has 1 aliphatic rings. The monoisotopic (exact) mass is 472 g/mol. The number of allylic oxidation sites excluding steroid dienone is 2. The molecular formula is C28H25F5O. The van der Waals surface area contributed by atoms with E-state index in [1.54, 1.807) is 24.3 Å². The van der Waals surface area contributed by atoms with Crippen molar-refractivity contribution in [3.05, 3.63) is 93.8 Å². The molecule has 0 amide bonds. The van der Waals surface area contributed by atoms with Gasteiger partial charge in [0.1, 0.15) is 5.82 Å². The van der Waals surface area contributed by atoms with Crippen molar-refractivity contribution in [3.8, 4) is 16.9 Å². The molecule has 3 aromatic rings. The molecule has 0 saturated heterocycles. The minimum Gasteiger partial charge on any atom is -0.494 e. The summed E-state index contributed by atoms with van der Waals surface area (Å²) in [5, 5.41) is 0. The number of fused-ring (bicyclic) bond motifs is 1. The highest BCUT2D eigenvalue weighted by Crippen LogP contribution is 2.37. The lowest BCUT2D eigenvalue weighted by Crippen LogP contribution is -2.09. The average molecular weight is 472 g/mol. The number of hydrogen-bond acceptors (Lipinski definition) is 1. The Morgan fingerprint density at radius 2 is 1.41 bits per heavy atom. The van der Waals surface area contributed by atoms with Crippen molar-refractivity contribution in [1.82, 2.24) is 0 Å². The van der Waals surface area contributed by atoms with Crippen molar-refractivity contribution in [2.24, 2.45) is 0 Å². The first-order valence-corrected chi connectivity index (χ1v) is 11.4. The van der Waals surface area contributed by atoms with Crippen LogP contribution in [0.15, 0.2) is 42.5 Å². The van der Waals surface area contributed by atoms with Crippen LogP contribution in [-0.2, 0) is 19.3 Å². The Morgan fingerprint density at radius 1 is 0.735 bits per heavy atom. The summed E-state index contributed by atoms with van der Waals surface area (Å²) in [6.45, 7) is 2.05. The first kappa shape index (κ1) is 24.0. The molecule has 0 aromatic heterocycles. The van der Waals surface area contributed by atoms with Crippen molar-refractivity contribution in [2.45, 2.75) is 45.4 Å². The number of ether oxygens (including phenoxy) is 1. The zero-order valence-corrected chi connectivity index (χ0v) is 19.1. The van der Waals surface area contributed by atoms with Gasteiger partial charge in [-0.15, -0.1) is 0 Å². The molecule has 0 heterocycles. The van der Waals surface area contributed by atoms with Crippen molar-refractivity contribution < 1.29 is 26.7 Å². The van der Waals surface area contributed by atoms with E-state index in [1.807, 2.05) is 6.92 Å². The van der Waals surface area contributed by atoms with E-state index in [-0.39, 0.29) is 35.3 Å². The maximum atomic E-state index is 15.3. The maximum Gasteiger partial charge on any atom is 0.201 e. The van der Waals surface area contributed by atoms with Gasteiger partial charge < -0.3 is 4.74 Å². The second-order valence-corrected chi connectivity index (χ2v) is 8.48. The van der Waals surface area contributed by atoms with E-state index in [0.717, 1.165) is 19.3 Å². The van der Waals surface area contributed by atoms with Crippen LogP contribution >= 0.6 is 0 Å². The third-order valence-electron chi connectivity index (χ3n) is 6.39. The van der Waals surface area contributed by atoms with Crippen LogP contribution in [0.1, 0.15) is 48.4 Å². The van der Waals surface area contributed by atoms with Crippen LogP contribution in [-0.4, -0.2) is 7.11 Å². The predicted octanol–water partition coefficient (Wildman–Crippen LogP) is 7.97. The summed E-state index contributed by atoms with van der Waals surface area (Å²) in [7, 11) is 1.22. The molecule has 178 valence electrons. The largest absolute Gasteiger partial charge is 0.494 e. The Balaban J connectivity index is 1.63. The summed E-state index contributed by atoms with van der Waals surface area (Å²) in [6, 6.07) is 8.71. The van der Waals surface area contributed by atoms with Gasteiger partial charge in [-0.25, -0.2) is 17.6 Å². The minimum absolute atomic E-state index is 0.0664. The average Bonchev–Trinajstić information content (AvgIpc) is 2.84. The third-order valence-corrected chi connectivity index (χ3v) is 6.39. The fourth-order valence-corrected chi connectivity index (χ4v) is 4.46. The van der Waals surface area contributed by atoms with Crippen LogP contribution in [0.5, 0.6) is 5.75 Å². The van der Waals surface area contributed by atoms with Crippen LogP contribution < -0.4 is 4.74 Å². The van der Waals surface area contributed by atoms with Crippen LogP contribution in [0.2, 0.25) is 0 Å². The molecule has 1 nitrogen and oxygen atoms in total. The highest BCUT2D eigenvalue weighted by atomic mass is 19.2. The molecule has 0 spiro atoms. The number of aryl methyl sites for hydroxylation is 1. The molecule has 0 bridgehead atoms. The summed E-state index contributed by atoms with van der Waals surface area (Å²) in [4.78, 5) is 0. The lowest BCUT2D eigenvalue weighted by molar-refractivity contribution is 0.372. The molecule has 0 radical (unpaired) electrons. The third kappa shape index (κ3) is 4.33. The molecule has 0 aliphatic heterocycles. The zero-order chi connectivity index (χ0) is 24.4. The molecule has 34 heavy (non-hydrogen) atoms. The number of methoxy groups -OCH3 is 1. The van der Waals surface area contributed by atoms with E-state index < -0.39 is 29.1 Å². The van der Waals surface area contributed by atoms with E-state index in [0.29, 0.717) is 28.7 Å². The maximum absolute atomic E-state index is 15.3. The fourth-order valence-electron chi connectivity index (χ4n) is 4.46. The summed E-state index contributed by atoms with van der Waals surface area (Å²) in [5.41, 5.74) is 1.74. The predicted molar refractivity (Wildman–Crippen MR) is 123 cm³/mol. The van der Waals surface area contributed by atoms with Crippen LogP contribution in [0.25, 0.3) is 16.7 Å². The molecule has 0 fully saturated rings. The van der Waals surface area contributed by atoms with Crippen LogP contribution in [0, 0.1) is 29.1 Å². The van der Waals surface area contributed by atoms with Crippen LogP contribution in [0.3, 0.4) is 0 Å². The summed E-state index contributed by atoms with van der Waals surface area (Å²) in [6.07, 6.45) is 5.21. The van der Waals surface area contributed by atoms with Crippen molar-refractivity contribution in [3.63, 3.8) is 0 Å². The molecule has 1 aliphatic carbocycles. The highest BCUT2D eigenvalue weighted by Gasteiger charge is 2.24. The standard InChI is InChI=1S/C28H25F5O/c1-3-4-5-6-16-7-10-20(26(31)24(16)29)18-8-11-19-17(15-18)9-12-21(25(19)30)22-13-14-23(34-2)28(33)27(22)32/h7-10,12-14H,3-6,11,15H2,1-2H3. The Hall–Kier alpha value is -3.15. The fraction of sp³-hybridized carbons (Fsp3) is 0.286. The number of hydrogen-bond donors (Lipinski definition) is 0. The summed E-state index contributed by atoms with van der Waals surface area (Å²) >= 11 is 0. The lowest BCUT2D eigenvalue weighted by Gasteiger charge is -2.21. The van der Waals surface area contributed by atoms with Gasteiger partial charge in [0.2, 0.25) is 5.82 Å². The van der Waals surface area contributed by atoms with Crippen LogP contribution in [0.4, 0.5) is 22.0 Å². The summed E-state index contributed by atoms with van der Waals surface area (Å²) < 4.78 is 78.3. The Labute approximate surface area is 195 Å². The molecule has 3 aromatic carbocycles. The number of unbranched alkanes of at least 4 members (excludes halogenated alkanes) is 2. The summed E-state index contributed by atoms with van der Waals surface area (Å²) in [5.74, 6) is -5.03. The first-order chi connectivity index (χ1) is 16.4. The van der Waals surface area contributed by atoms with Gasteiger partial charge in [-0.1, -0.05) is 50.1 Å². The van der Waals surface area contributed by atoms with Gasteiger partial charge in [-0.3, -0.25) is 0 Å². The molecule has 0 atom stereocenters. The zero-order valence-electron chi connectivity index (χ0n) is 19.1. The van der Waals surface area contributed by atoms with E-state index in [2.05, 4.69) is 0 Å². The van der Waals surface area contributed by atoms with E-state index in [4.69, 9.17) is 4.74 Å². The van der Waals surface area contributed by atoms with Gasteiger partial charge in [-0.2, -0.15) is 4.39 Å². The Bertz CT molecular complexity index is 1260. The van der Waals surface area contributed by atoms with Gasteiger partial charge in [0.25, 0.3) is 0 Å². The minimum atomic E-state index is -1.19. The smallest absolute Gasteiger partial charge is 0.201 e. The van der Waals surface area contributed by atoms with Gasteiger partial charge in [-0.05, 0) is 60.1 Å². The first-order valence-electron chi connectivity index (χ1n) is 11.4.